The van der Waals surface area contributed by atoms with Gasteiger partial charge in [0.2, 0.25) is 0 Å². The van der Waals surface area contributed by atoms with Crippen LogP contribution in [-0.2, 0) is 7.05 Å². The molecule has 7 heteroatoms. The van der Waals surface area contributed by atoms with Crippen LogP contribution in [0.3, 0.4) is 0 Å². The first-order valence-corrected chi connectivity index (χ1v) is 7.06. The predicted octanol–water partition coefficient (Wildman–Crippen LogP) is 3.18. The van der Waals surface area contributed by atoms with Gasteiger partial charge in [-0.2, -0.15) is 10.4 Å². The van der Waals surface area contributed by atoms with Crippen molar-refractivity contribution in [2.75, 3.05) is 5.32 Å². The fourth-order valence-electron chi connectivity index (χ4n) is 1.89. The standard InChI is InChI=1S/C13H13ClN4OS/c1-6-8(3)20-13(9(6)5-15)16-12(19)11-10(14)7(2)17-18(11)4/h1-4H3,(H,16,19). The summed E-state index contributed by atoms with van der Waals surface area (Å²) in [5.74, 6) is -0.365. The number of aryl methyl sites for hydroxylation is 3. The largest absolute Gasteiger partial charge is 0.311 e. The van der Waals surface area contributed by atoms with Gasteiger partial charge in [0, 0.05) is 11.9 Å². The number of anilines is 1. The van der Waals surface area contributed by atoms with E-state index in [1.165, 1.54) is 16.0 Å². The topological polar surface area (TPSA) is 70.7 Å². The molecule has 2 aromatic heterocycles. The third-order valence-corrected chi connectivity index (χ3v) is 4.66. The molecule has 0 fully saturated rings. The number of hydrogen-bond acceptors (Lipinski definition) is 4. The zero-order valence-corrected chi connectivity index (χ0v) is 13.1. The average Bonchev–Trinajstić information content (AvgIpc) is 2.77. The van der Waals surface area contributed by atoms with Crippen LogP contribution in [0.2, 0.25) is 5.02 Å². The van der Waals surface area contributed by atoms with Gasteiger partial charge in [0.1, 0.15) is 16.8 Å². The first-order valence-electron chi connectivity index (χ1n) is 5.87. The van der Waals surface area contributed by atoms with E-state index in [1.54, 1.807) is 14.0 Å². The quantitative estimate of drug-likeness (QED) is 0.926. The number of amides is 1. The minimum Gasteiger partial charge on any atom is -0.311 e. The normalized spacial score (nSPS) is 10.4. The zero-order valence-electron chi connectivity index (χ0n) is 11.5. The summed E-state index contributed by atoms with van der Waals surface area (Å²) in [6.07, 6.45) is 0. The van der Waals surface area contributed by atoms with Crippen LogP contribution in [0, 0.1) is 32.1 Å². The summed E-state index contributed by atoms with van der Waals surface area (Å²) in [6.45, 7) is 5.51. The number of aromatic nitrogens is 2. The minimum absolute atomic E-state index is 0.289. The number of carbonyl (C=O) groups is 1. The van der Waals surface area contributed by atoms with Crippen molar-refractivity contribution in [3.8, 4) is 6.07 Å². The molecule has 2 heterocycles. The lowest BCUT2D eigenvalue weighted by atomic mass is 10.2. The number of nitrogens with zero attached hydrogens (tertiary/aromatic N) is 3. The Hall–Kier alpha value is -1.84. The van der Waals surface area contributed by atoms with E-state index in [0.29, 0.717) is 21.3 Å². The van der Waals surface area contributed by atoms with Crippen LogP contribution in [0.1, 0.15) is 32.2 Å². The summed E-state index contributed by atoms with van der Waals surface area (Å²) in [6, 6.07) is 2.12. The van der Waals surface area contributed by atoms with E-state index in [0.717, 1.165) is 10.4 Å². The van der Waals surface area contributed by atoms with Gasteiger partial charge in [-0.25, -0.2) is 0 Å². The molecule has 104 valence electrons. The van der Waals surface area contributed by atoms with E-state index in [4.69, 9.17) is 11.6 Å². The number of rotatable bonds is 2. The second-order valence-corrected chi connectivity index (χ2v) is 6.03. The summed E-state index contributed by atoms with van der Waals surface area (Å²) in [5, 5.41) is 16.9. The van der Waals surface area contributed by atoms with E-state index < -0.39 is 0 Å². The van der Waals surface area contributed by atoms with Crippen LogP contribution in [0.5, 0.6) is 0 Å². The van der Waals surface area contributed by atoms with Gasteiger partial charge in [0.25, 0.3) is 5.91 Å². The highest BCUT2D eigenvalue weighted by Crippen LogP contribution is 2.32. The van der Waals surface area contributed by atoms with E-state index in [1.807, 2.05) is 13.8 Å². The van der Waals surface area contributed by atoms with Gasteiger partial charge in [-0.05, 0) is 26.3 Å². The highest BCUT2D eigenvalue weighted by atomic mass is 35.5. The molecule has 1 amide bonds. The number of thiophene rings is 1. The zero-order chi connectivity index (χ0) is 15.0. The molecule has 0 saturated carbocycles. The second kappa shape index (κ2) is 5.27. The number of carbonyl (C=O) groups excluding carboxylic acids is 1. The lowest BCUT2D eigenvalue weighted by Crippen LogP contribution is -2.16. The lowest BCUT2D eigenvalue weighted by molar-refractivity contribution is 0.101. The molecule has 0 saturated heterocycles. The van der Waals surface area contributed by atoms with Gasteiger partial charge in [-0.15, -0.1) is 11.3 Å². The highest BCUT2D eigenvalue weighted by Gasteiger charge is 2.21. The Labute approximate surface area is 125 Å². The summed E-state index contributed by atoms with van der Waals surface area (Å²) in [5.41, 5.74) is 2.27. The van der Waals surface area contributed by atoms with Crippen molar-refractivity contribution in [3.63, 3.8) is 0 Å². The summed E-state index contributed by atoms with van der Waals surface area (Å²) in [4.78, 5) is 13.3. The van der Waals surface area contributed by atoms with Crippen molar-refractivity contribution in [1.29, 1.82) is 5.26 Å². The van der Waals surface area contributed by atoms with Gasteiger partial charge in [-0.3, -0.25) is 9.48 Å². The molecule has 0 aliphatic rings. The Bertz CT molecular complexity index is 739. The first-order chi connectivity index (χ1) is 9.36. The Morgan fingerprint density at radius 2 is 2.10 bits per heavy atom. The molecule has 0 atom stereocenters. The van der Waals surface area contributed by atoms with Gasteiger partial charge in [0.05, 0.1) is 16.3 Å². The van der Waals surface area contributed by atoms with Gasteiger partial charge in [-0.1, -0.05) is 11.6 Å². The van der Waals surface area contributed by atoms with Crippen LogP contribution >= 0.6 is 22.9 Å². The van der Waals surface area contributed by atoms with Crippen molar-refractivity contribution >= 4 is 33.8 Å². The fourth-order valence-corrected chi connectivity index (χ4v) is 3.14. The fraction of sp³-hybridized carbons (Fsp3) is 0.308. The van der Waals surface area contributed by atoms with Gasteiger partial charge >= 0.3 is 0 Å². The third kappa shape index (κ3) is 2.30. The minimum atomic E-state index is -0.365. The first kappa shape index (κ1) is 14.6. The maximum Gasteiger partial charge on any atom is 0.276 e. The SMILES string of the molecule is Cc1nn(C)c(C(=O)Nc2sc(C)c(C)c2C#N)c1Cl. The van der Waals surface area contributed by atoms with E-state index in [2.05, 4.69) is 16.5 Å². The lowest BCUT2D eigenvalue weighted by Gasteiger charge is -2.04. The Morgan fingerprint density at radius 1 is 1.45 bits per heavy atom. The van der Waals surface area contributed by atoms with Crippen LogP contribution in [-0.4, -0.2) is 15.7 Å². The smallest absolute Gasteiger partial charge is 0.276 e. The van der Waals surface area contributed by atoms with E-state index >= 15 is 0 Å². The molecule has 1 N–H and O–H groups in total. The monoisotopic (exact) mass is 308 g/mol. The van der Waals surface area contributed by atoms with E-state index in [9.17, 15) is 10.1 Å². The second-order valence-electron chi connectivity index (χ2n) is 4.42. The molecule has 0 aliphatic heterocycles. The van der Waals surface area contributed by atoms with Gasteiger partial charge in [0.15, 0.2) is 0 Å². The molecule has 0 unspecified atom stereocenters. The third-order valence-electron chi connectivity index (χ3n) is 3.09. The molecular formula is C13H13ClN4OS. The maximum atomic E-state index is 12.3. The molecule has 0 spiro atoms. The molecule has 0 aromatic carbocycles. The Balaban J connectivity index is 2.38. The van der Waals surface area contributed by atoms with Crippen LogP contribution in [0.15, 0.2) is 0 Å². The number of halogens is 1. The molecular weight excluding hydrogens is 296 g/mol. The Kier molecular flexibility index (Phi) is 3.84. The predicted molar refractivity (Wildman–Crippen MR) is 79.4 cm³/mol. The van der Waals surface area contributed by atoms with Gasteiger partial charge < -0.3 is 5.32 Å². The molecule has 2 rings (SSSR count). The van der Waals surface area contributed by atoms with Crippen molar-refractivity contribution in [2.24, 2.45) is 7.05 Å². The number of hydrogen-bond donors (Lipinski definition) is 1. The highest BCUT2D eigenvalue weighted by molar-refractivity contribution is 7.16. The maximum absolute atomic E-state index is 12.3. The van der Waals surface area contributed by atoms with Crippen LogP contribution < -0.4 is 5.32 Å². The molecule has 20 heavy (non-hydrogen) atoms. The van der Waals surface area contributed by atoms with E-state index in [-0.39, 0.29) is 11.6 Å². The van der Waals surface area contributed by atoms with Crippen molar-refractivity contribution in [3.05, 3.63) is 32.4 Å². The summed E-state index contributed by atoms with van der Waals surface area (Å²) < 4.78 is 1.44. The molecule has 0 radical (unpaired) electrons. The number of nitrogens with one attached hydrogen (secondary N) is 1. The Morgan fingerprint density at radius 3 is 2.60 bits per heavy atom. The van der Waals surface area contributed by atoms with Crippen molar-refractivity contribution in [1.82, 2.24) is 9.78 Å². The molecule has 5 nitrogen and oxygen atoms in total. The summed E-state index contributed by atoms with van der Waals surface area (Å²) >= 11 is 7.46. The molecule has 0 bridgehead atoms. The van der Waals surface area contributed by atoms with Crippen LogP contribution in [0.25, 0.3) is 0 Å². The van der Waals surface area contributed by atoms with Crippen LogP contribution in [0.4, 0.5) is 5.00 Å². The van der Waals surface area contributed by atoms with Crippen molar-refractivity contribution in [2.45, 2.75) is 20.8 Å². The number of nitriles is 1. The van der Waals surface area contributed by atoms with Crippen molar-refractivity contribution < 1.29 is 4.79 Å². The molecule has 0 aliphatic carbocycles. The molecule has 2 aromatic rings. The average molecular weight is 309 g/mol. The summed E-state index contributed by atoms with van der Waals surface area (Å²) in [7, 11) is 1.66.